The second kappa shape index (κ2) is 52.0. The summed E-state index contributed by atoms with van der Waals surface area (Å²) in [5.74, 6) is -0.0462. The van der Waals surface area contributed by atoms with Crippen molar-refractivity contribution in [2.75, 3.05) is 13.2 Å². The van der Waals surface area contributed by atoms with Gasteiger partial charge in [-0.1, -0.05) is 250 Å². The molecule has 0 aromatic rings. The van der Waals surface area contributed by atoms with Crippen molar-refractivity contribution in [2.24, 2.45) is 0 Å². The van der Waals surface area contributed by atoms with E-state index in [4.69, 9.17) is 4.74 Å². The molecule has 0 radical (unpaired) electrons. The molecule has 6 nitrogen and oxygen atoms in total. The van der Waals surface area contributed by atoms with E-state index in [0.717, 1.165) is 51.4 Å². The van der Waals surface area contributed by atoms with Gasteiger partial charge in [0, 0.05) is 12.8 Å². The van der Waals surface area contributed by atoms with E-state index in [9.17, 15) is 19.8 Å². The molecular formula is C56H107NO5. The van der Waals surface area contributed by atoms with Crippen molar-refractivity contribution in [1.82, 2.24) is 5.32 Å². The molecule has 2 unspecified atom stereocenters. The van der Waals surface area contributed by atoms with E-state index in [-0.39, 0.29) is 18.5 Å². The third-order valence-corrected chi connectivity index (χ3v) is 12.8. The summed E-state index contributed by atoms with van der Waals surface area (Å²) in [5, 5.41) is 23.2. The zero-order valence-electron chi connectivity index (χ0n) is 41.6. The first-order valence-electron chi connectivity index (χ1n) is 27.6. The molecule has 0 aliphatic heterocycles. The number of amides is 1. The van der Waals surface area contributed by atoms with Crippen LogP contribution in [0.15, 0.2) is 24.3 Å². The van der Waals surface area contributed by atoms with Gasteiger partial charge >= 0.3 is 5.97 Å². The number of carbonyl (C=O) groups is 2. The molecular weight excluding hydrogens is 767 g/mol. The van der Waals surface area contributed by atoms with Crippen molar-refractivity contribution in [1.29, 1.82) is 0 Å². The summed E-state index contributed by atoms with van der Waals surface area (Å²) >= 11 is 0. The average molecular weight is 874 g/mol. The minimum absolute atomic E-state index is 0.00671. The molecule has 6 heteroatoms. The van der Waals surface area contributed by atoms with E-state index in [1.54, 1.807) is 0 Å². The molecule has 2 atom stereocenters. The highest BCUT2D eigenvalue weighted by Gasteiger charge is 2.20. The standard InChI is InChI=1S/C56H107NO5/c1-3-5-7-9-11-13-15-17-22-26-30-34-38-42-46-50-56(61)62-51-47-43-39-35-31-27-24-21-19-18-20-23-25-29-33-37-41-45-49-55(60)57-53(52-58)54(59)48-44-40-36-32-28-16-14-12-10-8-6-4-2/h11,13,17,22,53-54,58-59H,3-10,12,14-16,18-21,23-52H2,1-2H3,(H,57,60)/b13-11-,22-17-. The van der Waals surface area contributed by atoms with Gasteiger partial charge in [-0.15, -0.1) is 0 Å². The van der Waals surface area contributed by atoms with E-state index in [1.807, 2.05) is 0 Å². The number of aliphatic hydroxyl groups is 2. The molecule has 0 aromatic heterocycles. The second-order valence-corrected chi connectivity index (χ2v) is 18.9. The lowest BCUT2D eigenvalue weighted by atomic mass is 10.0. The Balaban J connectivity index is 3.40. The molecule has 0 fully saturated rings. The fraction of sp³-hybridized carbons (Fsp3) is 0.893. The number of hydrogen-bond donors (Lipinski definition) is 3. The normalized spacial score (nSPS) is 12.8. The highest BCUT2D eigenvalue weighted by Crippen LogP contribution is 2.17. The Hall–Kier alpha value is -1.66. The van der Waals surface area contributed by atoms with Crippen LogP contribution in [0.1, 0.15) is 296 Å². The first-order chi connectivity index (χ1) is 30.5. The van der Waals surface area contributed by atoms with E-state index >= 15 is 0 Å². The zero-order valence-corrected chi connectivity index (χ0v) is 41.6. The highest BCUT2D eigenvalue weighted by atomic mass is 16.5. The summed E-state index contributed by atoms with van der Waals surface area (Å²) in [7, 11) is 0. The van der Waals surface area contributed by atoms with Crippen LogP contribution in [0.3, 0.4) is 0 Å². The quantitative estimate of drug-likeness (QED) is 0.0321. The van der Waals surface area contributed by atoms with Crippen molar-refractivity contribution in [3.8, 4) is 0 Å². The lowest BCUT2D eigenvalue weighted by molar-refractivity contribution is -0.143. The first kappa shape index (κ1) is 60.3. The maximum absolute atomic E-state index is 12.4. The molecule has 62 heavy (non-hydrogen) atoms. The molecule has 366 valence electrons. The van der Waals surface area contributed by atoms with Crippen LogP contribution in [-0.4, -0.2) is 47.4 Å². The number of allylic oxidation sites excluding steroid dienone is 4. The monoisotopic (exact) mass is 874 g/mol. The highest BCUT2D eigenvalue weighted by molar-refractivity contribution is 5.76. The summed E-state index contributed by atoms with van der Waals surface area (Å²) in [6.07, 6.45) is 61.6. The fourth-order valence-electron chi connectivity index (χ4n) is 8.49. The predicted octanol–water partition coefficient (Wildman–Crippen LogP) is 16.7. The molecule has 3 N–H and O–H groups in total. The number of esters is 1. The number of unbranched alkanes of at least 4 members (excludes halogenated alkanes) is 36. The Morgan fingerprint density at radius 3 is 1.26 bits per heavy atom. The molecule has 0 rings (SSSR count). The van der Waals surface area contributed by atoms with Gasteiger partial charge in [0.1, 0.15) is 0 Å². The van der Waals surface area contributed by atoms with Crippen LogP contribution in [0.25, 0.3) is 0 Å². The summed E-state index contributed by atoms with van der Waals surface area (Å²) < 4.78 is 5.47. The largest absolute Gasteiger partial charge is 0.466 e. The van der Waals surface area contributed by atoms with E-state index < -0.39 is 12.1 Å². The van der Waals surface area contributed by atoms with Crippen LogP contribution < -0.4 is 5.32 Å². The maximum Gasteiger partial charge on any atom is 0.305 e. The van der Waals surface area contributed by atoms with Crippen molar-refractivity contribution >= 4 is 11.9 Å². The molecule has 0 aromatic carbocycles. The Bertz CT molecular complexity index is 966. The second-order valence-electron chi connectivity index (χ2n) is 18.9. The van der Waals surface area contributed by atoms with Gasteiger partial charge in [0.05, 0.1) is 25.4 Å². The van der Waals surface area contributed by atoms with Gasteiger partial charge in [-0.05, 0) is 57.8 Å². The predicted molar refractivity (Wildman–Crippen MR) is 269 cm³/mol. The van der Waals surface area contributed by atoms with Gasteiger partial charge in [-0.3, -0.25) is 9.59 Å². The van der Waals surface area contributed by atoms with Gasteiger partial charge in [-0.25, -0.2) is 0 Å². The summed E-state index contributed by atoms with van der Waals surface area (Å²) in [4.78, 5) is 24.5. The SMILES string of the molecule is CCCCC/C=C\C/C=C\CCCCCCCC(=O)OCCCCCCCCCCCCCCCCCCCCC(=O)NC(CO)C(O)CCCCCCCCCCCCCC. The number of nitrogens with one attached hydrogen (secondary N) is 1. The average Bonchev–Trinajstić information content (AvgIpc) is 3.27. The Morgan fingerprint density at radius 2 is 0.806 bits per heavy atom. The minimum atomic E-state index is -0.666. The van der Waals surface area contributed by atoms with Crippen molar-refractivity contribution < 1.29 is 24.5 Å². The molecule has 0 heterocycles. The zero-order chi connectivity index (χ0) is 45.1. The van der Waals surface area contributed by atoms with Gasteiger partial charge in [0.25, 0.3) is 0 Å². The third kappa shape index (κ3) is 47.8. The molecule has 0 saturated carbocycles. The van der Waals surface area contributed by atoms with E-state index in [0.29, 0.717) is 25.9 Å². The van der Waals surface area contributed by atoms with Crippen LogP contribution in [0.5, 0.6) is 0 Å². The number of ether oxygens (including phenoxy) is 1. The van der Waals surface area contributed by atoms with Gasteiger partial charge < -0.3 is 20.3 Å². The van der Waals surface area contributed by atoms with E-state index in [2.05, 4.69) is 43.5 Å². The van der Waals surface area contributed by atoms with Crippen molar-refractivity contribution in [3.05, 3.63) is 24.3 Å². The number of aliphatic hydroxyl groups excluding tert-OH is 2. The Morgan fingerprint density at radius 1 is 0.452 bits per heavy atom. The van der Waals surface area contributed by atoms with Gasteiger partial charge in [-0.2, -0.15) is 0 Å². The molecule has 0 aliphatic carbocycles. The summed E-state index contributed by atoms with van der Waals surface area (Å²) in [5.41, 5.74) is 0. The van der Waals surface area contributed by atoms with Crippen LogP contribution in [0, 0.1) is 0 Å². The molecule has 1 amide bonds. The fourth-order valence-corrected chi connectivity index (χ4v) is 8.49. The number of carbonyl (C=O) groups excluding carboxylic acids is 2. The first-order valence-corrected chi connectivity index (χ1v) is 27.6. The maximum atomic E-state index is 12.4. The van der Waals surface area contributed by atoms with Gasteiger partial charge in [0.2, 0.25) is 5.91 Å². The topological polar surface area (TPSA) is 95.9 Å². The lowest BCUT2D eigenvalue weighted by Crippen LogP contribution is -2.45. The molecule has 0 saturated heterocycles. The Kier molecular flexibility index (Phi) is 50.6. The van der Waals surface area contributed by atoms with Crippen LogP contribution in [-0.2, 0) is 14.3 Å². The molecule has 0 bridgehead atoms. The van der Waals surface area contributed by atoms with Crippen LogP contribution >= 0.6 is 0 Å². The number of rotatable bonds is 51. The summed E-state index contributed by atoms with van der Waals surface area (Å²) in [6.45, 7) is 4.91. The summed E-state index contributed by atoms with van der Waals surface area (Å²) in [6, 6.07) is -0.543. The van der Waals surface area contributed by atoms with Crippen molar-refractivity contribution in [3.63, 3.8) is 0 Å². The molecule has 0 spiro atoms. The minimum Gasteiger partial charge on any atom is -0.466 e. The van der Waals surface area contributed by atoms with Crippen molar-refractivity contribution in [2.45, 2.75) is 309 Å². The van der Waals surface area contributed by atoms with E-state index in [1.165, 1.54) is 212 Å². The van der Waals surface area contributed by atoms with Gasteiger partial charge in [0.15, 0.2) is 0 Å². The van der Waals surface area contributed by atoms with Crippen LogP contribution in [0.2, 0.25) is 0 Å². The van der Waals surface area contributed by atoms with Crippen LogP contribution in [0.4, 0.5) is 0 Å². The Labute approximate surface area is 386 Å². The molecule has 0 aliphatic rings. The third-order valence-electron chi connectivity index (χ3n) is 12.8. The lowest BCUT2D eigenvalue weighted by Gasteiger charge is -2.22. The number of hydrogen-bond acceptors (Lipinski definition) is 5. The smallest absolute Gasteiger partial charge is 0.305 e.